The number of rotatable bonds is 8. The highest BCUT2D eigenvalue weighted by atomic mass is 35.5. The summed E-state index contributed by atoms with van der Waals surface area (Å²) in [6, 6.07) is 6.00. The fraction of sp³-hybridized carbons (Fsp3) is 0.318. The second-order valence-corrected chi connectivity index (χ2v) is 7.47. The number of hydrogen-bond donors (Lipinski definition) is 1. The molecule has 1 aromatic carbocycles. The van der Waals surface area contributed by atoms with Crippen molar-refractivity contribution in [3.8, 4) is 22.9 Å². The molecule has 32 heavy (non-hydrogen) atoms. The molecule has 2 aromatic heterocycles. The minimum atomic E-state index is -0.471. The summed E-state index contributed by atoms with van der Waals surface area (Å²) >= 11 is 6.02. The predicted octanol–water partition coefficient (Wildman–Crippen LogP) is 3.79. The second kappa shape index (κ2) is 10.5. The van der Waals surface area contributed by atoms with Crippen LogP contribution in [0.5, 0.6) is 11.5 Å². The number of benzene rings is 1. The first-order valence-corrected chi connectivity index (χ1v) is 10.5. The minimum Gasteiger partial charge on any atom is -0.491 e. The fourth-order valence-electron chi connectivity index (χ4n) is 3.24. The van der Waals surface area contributed by atoms with E-state index < -0.39 is 5.82 Å². The van der Waals surface area contributed by atoms with Gasteiger partial charge in [0.25, 0.3) is 0 Å². The zero-order chi connectivity index (χ0) is 22.3. The Bertz CT molecular complexity index is 1070. The molecule has 0 unspecified atom stereocenters. The minimum absolute atomic E-state index is 0.178. The Morgan fingerprint density at radius 3 is 2.84 bits per heavy atom. The van der Waals surface area contributed by atoms with Crippen LogP contribution < -0.4 is 14.8 Å². The molecule has 0 bridgehead atoms. The lowest BCUT2D eigenvalue weighted by molar-refractivity contribution is 0.0323. The number of nitrogens with zero attached hydrogens (tertiary/aromatic N) is 4. The first kappa shape index (κ1) is 22.2. The summed E-state index contributed by atoms with van der Waals surface area (Å²) in [6.07, 6.45) is 4.75. The van der Waals surface area contributed by atoms with Crippen molar-refractivity contribution in [1.29, 1.82) is 0 Å². The molecule has 1 aliphatic rings. The Kier molecular flexibility index (Phi) is 7.31. The van der Waals surface area contributed by atoms with Gasteiger partial charge in [-0.25, -0.2) is 14.4 Å². The normalized spacial score (nSPS) is 14.2. The van der Waals surface area contributed by atoms with Crippen LogP contribution in [0.2, 0.25) is 5.02 Å². The van der Waals surface area contributed by atoms with Gasteiger partial charge in [0.15, 0.2) is 23.1 Å². The van der Waals surface area contributed by atoms with E-state index in [1.54, 1.807) is 18.5 Å². The molecule has 0 atom stereocenters. The van der Waals surface area contributed by atoms with Crippen molar-refractivity contribution in [3.05, 3.63) is 53.7 Å². The Labute approximate surface area is 190 Å². The van der Waals surface area contributed by atoms with Crippen LogP contribution in [-0.4, -0.2) is 66.4 Å². The number of morpholine rings is 1. The van der Waals surface area contributed by atoms with Gasteiger partial charge in [0.2, 0.25) is 0 Å². The number of pyridine rings is 1. The average molecular weight is 460 g/mol. The van der Waals surface area contributed by atoms with Crippen LogP contribution in [0.1, 0.15) is 0 Å². The molecule has 3 heterocycles. The molecule has 10 heteroatoms. The number of halogens is 2. The summed E-state index contributed by atoms with van der Waals surface area (Å²) in [5.41, 5.74) is 0.844. The van der Waals surface area contributed by atoms with Crippen molar-refractivity contribution in [1.82, 2.24) is 19.9 Å². The maximum absolute atomic E-state index is 14.3. The molecule has 0 spiro atoms. The van der Waals surface area contributed by atoms with Crippen molar-refractivity contribution in [2.75, 3.05) is 51.9 Å². The fourth-order valence-corrected chi connectivity index (χ4v) is 3.42. The van der Waals surface area contributed by atoms with E-state index in [4.69, 9.17) is 25.8 Å². The van der Waals surface area contributed by atoms with Crippen molar-refractivity contribution < 1.29 is 18.6 Å². The average Bonchev–Trinajstić information content (AvgIpc) is 2.82. The van der Waals surface area contributed by atoms with Crippen LogP contribution in [-0.2, 0) is 4.74 Å². The third-order valence-electron chi connectivity index (χ3n) is 4.95. The maximum Gasteiger partial charge on any atom is 0.179 e. The monoisotopic (exact) mass is 459 g/mol. The highest BCUT2D eigenvalue weighted by Gasteiger charge is 2.16. The third-order valence-corrected chi connectivity index (χ3v) is 5.19. The van der Waals surface area contributed by atoms with Gasteiger partial charge in [0.05, 0.1) is 44.0 Å². The van der Waals surface area contributed by atoms with Gasteiger partial charge in [-0.2, -0.15) is 0 Å². The van der Waals surface area contributed by atoms with Gasteiger partial charge >= 0.3 is 0 Å². The molecule has 1 saturated heterocycles. The van der Waals surface area contributed by atoms with Crippen LogP contribution in [0.15, 0.2) is 42.9 Å². The highest BCUT2D eigenvalue weighted by molar-refractivity contribution is 6.30. The molecular weight excluding hydrogens is 437 g/mol. The molecule has 1 aliphatic heterocycles. The summed E-state index contributed by atoms with van der Waals surface area (Å²) < 4.78 is 31.0. The molecule has 168 valence electrons. The van der Waals surface area contributed by atoms with Crippen molar-refractivity contribution >= 4 is 23.1 Å². The maximum atomic E-state index is 14.3. The van der Waals surface area contributed by atoms with Crippen molar-refractivity contribution in [2.24, 2.45) is 0 Å². The number of methoxy groups -OCH3 is 1. The van der Waals surface area contributed by atoms with Crippen LogP contribution >= 0.6 is 11.6 Å². The van der Waals surface area contributed by atoms with Crippen molar-refractivity contribution in [3.63, 3.8) is 0 Å². The zero-order valence-electron chi connectivity index (χ0n) is 17.6. The molecule has 0 aliphatic carbocycles. The van der Waals surface area contributed by atoms with Crippen molar-refractivity contribution in [2.45, 2.75) is 0 Å². The molecule has 1 fully saturated rings. The van der Waals surface area contributed by atoms with E-state index in [9.17, 15) is 4.39 Å². The van der Waals surface area contributed by atoms with Gasteiger partial charge in [-0.3, -0.25) is 9.88 Å². The second-order valence-electron chi connectivity index (χ2n) is 7.03. The van der Waals surface area contributed by atoms with Gasteiger partial charge < -0.3 is 19.5 Å². The van der Waals surface area contributed by atoms with E-state index in [1.807, 2.05) is 0 Å². The molecular formula is C22H23ClFN5O3. The molecule has 0 saturated carbocycles. The number of hydrogen-bond acceptors (Lipinski definition) is 8. The first-order valence-electron chi connectivity index (χ1n) is 10.1. The number of anilines is 2. The van der Waals surface area contributed by atoms with Crippen LogP contribution in [0.25, 0.3) is 11.4 Å². The Hall–Kier alpha value is -3.01. The molecule has 8 nitrogen and oxygen atoms in total. The lowest BCUT2D eigenvalue weighted by Gasteiger charge is -2.26. The molecule has 3 aromatic rings. The smallest absolute Gasteiger partial charge is 0.179 e. The number of ether oxygens (including phenoxy) is 3. The van der Waals surface area contributed by atoms with E-state index in [0.29, 0.717) is 34.6 Å². The SMILES string of the molecule is COc1cnc(-c2cc(Cl)ccc2F)nc1Nc1ccncc1OCCN1CCOCC1. The van der Waals surface area contributed by atoms with E-state index in [-0.39, 0.29) is 11.4 Å². The van der Waals surface area contributed by atoms with Gasteiger partial charge in [0, 0.05) is 30.9 Å². The summed E-state index contributed by atoms with van der Waals surface area (Å²) in [5.74, 6) is 1.03. The number of nitrogens with one attached hydrogen (secondary N) is 1. The van der Waals surface area contributed by atoms with E-state index in [0.717, 1.165) is 32.8 Å². The quantitative estimate of drug-likeness (QED) is 0.545. The largest absolute Gasteiger partial charge is 0.491 e. The van der Waals surface area contributed by atoms with Crippen LogP contribution in [0.4, 0.5) is 15.9 Å². The Balaban J connectivity index is 1.53. The van der Waals surface area contributed by atoms with E-state index in [1.165, 1.54) is 31.5 Å². The Morgan fingerprint density at radius 1 is 1.19 bits per heavy atom. The van der Waals surface area contributed by atoms with E-state index in [2.05, 4.69) is 25.2 Å². The first-order chi connectivity index (χ1) is 15.6. The topological polar surface area (TPSA) is 81.6 Å². The molecule has 1 N–H and O–H groups in total. The van der Waals surface area contributed by atoms with Gasteiger partial charge in [-0.15, -0.1) is 0 Å². The van der Waals surface area contributed by atoms with E-state index >= 15 is 0 Å². The number of aromatic nitrogens is 3. The molecule has 0 radical (unpaired) electrons. The highest BCUT2D eigenvalue weighted by Crippen LogP contribution is 2.32. The predicted molar refractivity (Wildman–Crippen MR) is 119 cm³/mol. The molecule has 4 rings (SSSR count). The Morgan fingerprint density at radius 2 is 2.03 bits per heavy atom. The molecule has 0 amide bonds. The van der Waals surface area contributed by atoms with Gasteiger partial charge in [-0.05, 0) is 24.3 Å². The van der Waals surface area contributed by atoms with Gasteiger partial charge in [0.1, 0.15) is 12.4 Å². The van der Waals surface area contributed by atoms with Crippen LogP contribution in [0, 0.1) is 5.82 Å². The summed E-state index contributed by atoms with van der Waals surface area (Å²) in [7, 11) is 1.51. The van der Waals surface area contributed by atoms with Gasteiger partial charge in [-0.1, -0.05) is 11.6 Å². The summed E-state index contributed by atoms with van der Waals surface area (Å²) in [4.78, 5) is 15.1. The summed E-state index contributed by atoms with van der Waals surface area (Å²) in [5, 5.41) is 3.58. The van der Waals surface area contributed by atoms with Crippen LogP contribution in [0.3, 0.4) is 0 Å². The lowest BCUT2D eigenvalue weighted by Crippen LogP contribution is -2.38. The third kappa shape index (κ3) is 5.42. The summed E-state index contributed by atoms with van der Waals surface area (Å²) in [6.45, 7) is 4.55. The zero-order valence-corrected chi connectivity index (χ0v) is 18.3. The standard InChI is InChI=1S/C22H23ClFN5O3/c1-30-20-14-26-21(16-12-15(23)2-3-17(16)24)28-22(20)27-18-4-5-25-13-19(18)32-11-8-29-6-9-31-10-7-29/h2-5,12-14H,6-11H2,1H3,(H,25,26,27,28). The lowest BCUT2D eigenvalue weighted by atomic mass is 10.2.